The Bertz CT molecular complexity index is 1180. The van der Waals surface area contributed by atoms with Crippen molar-refractivity contribution in [3.8, 4) is 34.3 Å². The minimum atomic E-state index is -0.949. The van der Waals surface area contributed by atoms with E-state index in [1.54, 1.807) is 24.3 Å². The second-order valence-corrected chi connectivity index (χ2v) is 8.67. The third-order valence-corrected chi connectivity index (χ3v) is 6.64. The first-order valence-electron chi connectivity index (χ1n) is 11.1. The lowest BCUT2D eigenvalue weighted by Crippen LogP contribution is -2.61. The maximum atomic E-state index is 15.1. The Kier molecular flexibility index (Phi) is 5.60. The van der Waals surface area contributed by atoms with Gasteiger partial charge in [-0.2, -0.15) is 5.26 Å². The van der Waals surface area contributed by atoms with Crippen LogP contribution >= 0.6 is 0 Å². The highest BCUT2D eigenvalue weighted by Crippen LogP contribution is 2.34. The summed E-state index contributed by atoms with van der Waals surface area (Å²) in [6, 6.07) is 10.7. The molecule has 2 N–H and O–H groups in total. The van der Waals surface area contributed by atoms with E-state index >= 15 is 4.39 Å². The minimum Gasteiger partial charge on any atom is -0.507 e. The van der Waals surface area contributed by atoms with Crippen LogP contribution in [-0.2, 0) is 0 Å². The van der Waals surface area contributed by atoms with Crippen molar-refractivity contribution in [1.29, 1.82) is 5.26 Å². The summed E-state index contributed by atoms with van der Waals surface area (Å²) in [5.74, 6) is 0.638. The van der Waals surface area contributed by atoms with Gasteiger partial charge in [-0.1, -0.05) is 12.5 Å². The topological polar surface area (TPSA) is 111 Å². The second kappa shape index (κ2) is 8.71. The number of alkyl halides is 1. The number of rotatable bonds is 4. The Morgan fingerprint density at radius 3 is 2.70 bits per heavy atom. The summed E-state index contributed by atoms with van der Waals surface area (Å²) in [5, 5.41) is 31.5. The molecule has 2 fully saturated rings. The molecule has 4 heterocycles. The van der Waals surface area contributed by atoms with Crippen molar-refractivity contribution in [2.75, 3.05) is 11.9 Å². The molecule has 1 aromatic carbocycles. The van der Waals surface area contributed by atoms with Crippen LogP contribution < -0.4 is 10.2 Å². The van der Waals surface area contributed by atoms with E-state index < -0.39 is 6.17 Å². The Labute approximate surface area is 191 Å². The molecule has 9 heteroatoms. The van der Waals surface area contributed by atoms with Crippen molar-refractivity contribution in [1.82, 2.24) is 25.5 Å². The number of piperidine rings is 2. The molecule has 0 amide bonds. The lowest BCUT2D eigenvalue weighted by atomic mass is 9.82. The standard InChI is InChI=1S/C24H24FN7O/c1-32(21-10-15-3-2-4-19(29-15)24(21)25)23-8-7-18(30-31-23)17-6-5-14(9-22(17)33)20-13-27-16(11-26)12-28-20/h5-9,12-13,15,19,21,24,29,33H,2-4,10H2,1H3/t15?,19?,21-,24+/m1/s1. The summed E-state index contributed by atoms with van der Waals surface area (Å²) in [7, 11) is 1.87. The smallest absolute Gasteiger partial charge is 0.158 e. The normalized spacial score (nSPS) is 24.2. The summed E-state index contributed by atoms with van der Waals surface area (Å²) in [5.41, 5.74) is 2.49. The molecule has 8 nitrogen and oxygen atoms in total. The number of aromatic nitrogens is 4. The first-order valence-corrected chi connectivity index (χ1v) is 11.1. The van der Waals surface area contributed by atoms with Crippen molar-refractivity contribution in [2.24, 2.45) is 0 Å². The van der Waals surface area contributed by atoms with Crippen molar-refractivity contribution >= 4 is 5.82 Å². The van der Waals surface area contributed by atoms with Gasteiger partial charge in [-0.3, -0.25) is 4.98 Å². The largest absolute Gasteiger partial charge is 0.507 e. The van der Waals surface area contributed by atoms with Gasteiger partial charge in [0.2, 0.25) is 0 Å². The fourth-order valence-corrected chi connectivity index (χ4v) is 4.82. The molecule has 3 aromatic rings. The number of anilines is 1. The predicted molar refractivity (Wildman–Crippen MR) is 121 cm³/mol. The molecular formula is C24H24FN7O. The summed E-state index contributed by atoms with van der Waals surface area (Å²) < 4.78 is 15.1. The van der Waals surface area contributed by atoms with Crippen LogP contribution in [0.3, 0.4) is 0 Å². The molecule has 2 unspecified atom stereocenters. The first-order chi connectivity index (χ1) is 16.0. The van der Waals surface area contributed by atoms with Gasteiger partial charge in [-0.05, 0) is 43.5 Å². The van der Waals surface area contributed by atoms with E-state index in [1.165, 1.54) is 12.4 Å². The van der Waals surface area contributed by atoms with Crippen LogP contribution in [0.25, 0.3) is 22.5 Å². The molecule has 2 aliphatic heterocycles. The van der Waals surface area contributed by atoms with Crippen LogP contribution in [0, 0.1) is 11.3 Å². The molecule has 0 spiro atoms. The van der Waals surface area contributed by atoms with Crippen LogP contribution in [0.2, 0.25) is 0 Å². The van der Waals surface area contributed by atoms with Gasteiger partial charge < -0.3 is 15.3 Å². The molecule has 0 aliphatic carbocycles. The number of nitrogens with one attached hydrogen (secondary N) is 1. The molecule has 2 aliphatic rings. The zero-order valence-corrected chi connectivity index (χ0v) is 18.2. The lowest BCUT2D eigenvalue weighted by molar-refractivity contribution is 0.107. The summed E-state index contributed by atoms with van der Waals surface area (Å²) >= 11 is 0. The Hall–Kier alpha value is -3.64. The Balaban J connectivity index is 1.34. The highest BCUT2D eigenvalue weighted by Gasteiger charge is 2.41. The molecule has 2 saturated heterocycles. The van der Waals surface area contributed by atoms with Gasteiger partial charge in [0.1, 0.15) is 18.0 Å². The molecular weight excluding hydrogens is 421 g/mol. The van der Waals surface area contributed by atoms with Crippen molar-refractivity contribution in [3.63, 3.8) is 0 Å². The Morgan fingerprint density at radius 2 is 2.00 bits per heavy atom. The third-order valence-electron chi connectivity index (χ3n) is 6.64. The average molecular weight is 446 g/mol. The average Bonchev–Trinajstić information content (AvgIpc) is 2.86. The SMILES string of the molecule is CN(c1ccc(-c2ccc(-c3cnc(C#N)cn3)cc2O)nn1)[C@@H]1CC2CCCC(N2)[C@@H]1F. The van der Waals surface area contributed by atoms with Gasteiger partial charge >= 0.3 is 0 Å². The maximum absolute atomic E-state index is 15.1. The van der Waals surface area contributed by atoms with Crippen molar-refractivity contribution in [3.05, 3.63) is 48.4 Å². The van der Waals surface area contributed by atoms with Crippen LogP contribution in [0.1, 0.15) is 31.4 Å². The number of phenolic OH excluding ortho intramolecular Hbond substituents is 1. The number of fused-ring (bicyclic) bond motifs is 2. The van der Waals surface area contributed by atoms with Gasteiger partial charge in [0.15, 0.2) is 11.5 Å². The number of halogens is 1. The van der Waals surface area contributed by atoms with Gasteiger partial charge in [0.05, 0.1) is 29.8 Å². The van der Waals surface area contributed by atoms with Crippen LogP contribution in [0.15, 0.2) is 42.7 Å². The van der Waals surface area contributed by atoms with Crippen molar-refractivity contribution < 1.29 is 9.50 Å². The summed E-state index contributed by atoms with van der Waals surface area (Å²) in [6.07, 6.45) is 5.71. The fraction of sp³-hybridized carbons (Fsp3) is 0.375. The fourth-order valence-electron chi connectivity index (χ4n) is 4.82. The molecule has 0 saturated carbocycles. The van der Waals surface area contributed by atoms with E-state index in [2.05, 4.69) is 25.5 Å². The highest BCUT2D eigenvalue weighted by atomic mass is 19.1. The number of benzene rings is 1. The van der Waals surface area contributed by atoms with E-state index in [-0.39, 0.29) is 23.5 Å². The van der Waals surface area contributed by atoms with Crippen LogP contribution in [0.4, 0.5) is 10.2 Å². The van der Waals surface area contributed by atoms with E-state index in [0.29, 0.717) is 34.4 Å². The van der Waals surface area contributed by atoms with E-state index in [9.17, 15) is 5.11 Å². The molecule has 4 atom stereocenters. The number of aromatic hydroxyl groups is 1. The summed E-state index contributed by atoms with van der Waals surface area (Å²) in [4.78, 5) is 10.1. The molecule has 2 bridgehead atoms. The van der Waals surface area contributed by atoms with Gasteiger partial charge in [-0.15, -0.1) is 10.2 Å². The lowest BCUT2D eigenvalue weighted by Gasteiger charge is -2.46. The van der Waals surface area contributed by atoms with E-state index in [0.717, 1.165) is 25.7 Å². The van der Waals surface area contributed by atoms with E-state index in [4.69, 9.17) is 5.26 Å². The zero-order valence-electron chi connectivity index (χ0n) is 18.2. The molecule has 33 heavy (non-hydrogen) atoms. The zero-order chi connectivity index (χ0) is 22.9. The molecule has 168 valence electrons. The third kappa shape index (κ3) is 4.10. The Morgan fingerprint density at radius 1 is 1.12 bits per heavy atom. The molecule has 5 rings (SSSR count). The number of hydrogen-bond acceptors (Lipinski definition) is 8. The van der Waals surface area contributed by atoms with Crippen LogP contribution in [-0.4, -0.2) is 56.6 Å². The van der Waals surface area contributed by atoms with Gasteiger partial charge in [-0.25, -0.2) is 9.37 Å². The minimum absolute atomic E-state index is 0.0315. The number of phenols is 1. The van der Waals surface area contributed by atoms with Gasteiger partial charge in [0.25, 0.3) is 0 Å². The number of nitrogens with zero attached hydrogens (tertiary/aromatic N) is 6. The van der Waals surface area contributed by atoms with Gasteiger partial charge in [0, 0.05) is 30.3 Å². The van der Waals surface area contributed by atoms with Crippen LogP contribution in [0.5, 0.6) is 5.75 Å². The number of hydrogen-bond donors (Lipinski definition) is 2. The highest BCUT2D eigenvalue weighted by molar-refractivity contribution is 5.73. The predicted octanol–water partition coefficient (Wildman–Crippen LogP) is 3.24. The van der Waals surface area contributed by atoms with E-state index in [1.807, 2.05) is 24.1 Å². The monoisotopic (exact) mass is 445 g/mol. The second-order valence-electron chi connectivity index (χ2n) is 8.67. The molecule has 0 radical (unpaired) electrons. The first kappa shape index (κ1) is 21.2. The quantitative estimate of drug-likeness (QED) is 0.630. The number of nitriles is 1. The molecule has 2 aromatic heterocycles. The summed E-state index contributed by atoms with van der Waals surface area (Å²) in [6.45, 7) is 0. The maximum Gasteiger partial charge on any atom is 0.158 e. The van der Waals surface area contributed by atoms with Crippen molar-refractivity contribution in [2.45, 2.75) is 50.0 Å².